The van der Waals surface area contributed by atoms with Gasteiger partial charge in [-0.2, -0.15) is 18.2 Å². The zero-order valence-corrected chi connectivity index (χ0v) is 17.8. The Hall–Kier alpha value is -2.23. The van der Waals surface area contributed by atoms with Crippen molar-refractivity contribution >= 4 is 13.6 Å². The number of carboxylic acids is 1. The summed E-state index contributed by atoms with van der Waals surface area (Å²) in [5.74, 6) is -1.22. The molecule has 1 unspecified atom stereocenters. The van der Waals surface area contributed by atoms with E-state index < -0.39 is 36.4 Å². The van der Waals surface area contributed by atoms with Crippen molar-refractivity contribution < 1.29 is 41.2 Å². The number of alkyl halides is 3. The van der Waals surface area contributed by atoms with Crippen molar-refractivity contribution in [2.24, 2.45) is 0 Å². The number of rotatable bonds is 10. The molecule has 1 fully saturated rings. The van der Waals surface area contributed by atoms with E-state index in [0.29, 0.717) is 18.4 Å². The number of aromatic nitrogens is 2. The van der Waals surface area contributed by atoms with Crippen LogP contribution in [0.1, 0.15) is 49.5 Å². The molecular formula is C19H22F3N2O6P. The maximum atomic E-state index is 12.9. The molecule has 0 radical (unpaired) electrons. The van der Waals surface area contributed by atoms with E-state index in [0.717, 1.165) is 12.1 Å². The topological polar surface area (TPSA) is 112 Å². The maximum Gasteiger partial charge on any atom is 0.416 e. The molecule has 0 spiro atoms. The second-order valence-electron chi connectivity index (χ2n) is 7.10. The van der Waals surface area contributed by atoms with E-state index in [1.807, 2.05) is 0 Å². The molecule has 8 nitrogen and oxygen atoms in total. The zero-order valence-electron chi connectivity index (χ0n) is 16.9. The van der Waals surface area contributed by atoms with Crippen molar-refractivity contribution in [2.75, 3.05) is 13.2 Å². The second-order valence-corrected chi connectivity index (χ2v) is 9.32. The maximum absolute atomic E-state index is 12.9. The Bertz CT molecular complexity index is 962. The third kappa shape index (κ3) is 4.83. The fourth-order valence-electron chi connectivity index (χ4n) is 3.35. The second kappa shape index (κ2) is 8.72. The van der Waals surface area contributed by atoms with Gasteiger partial charge in [-0.3, -0.25) is 9.36 Å². The first-order valence-corrected chi connectivity index (χ1v) is 11.3. The average molecular weight is 462 g/mol. The highest BCUT2D eigenvalue weighted by atomic mass is 31.2. The van der Waals surface area contributed by atoms with Gasteiger partial charge in [0.15, 0.2) is 11.5 Å². The molecule has 3 rings (SSSR count). The molecule has 1 N–H and O–H groups in total. The van der Waals surface area contributed by atoms with Crippen LogP contribution in [0, 0.1) is 0 Å². The molecule has 1 aliphatic rings. The van der Waals surface area contributed by atoms with Gasteiger partial charge in [0.25, 0.3) is 0 Å². The van der Waals surface area contributed by atoms with E-state index in [4.69, 9.17) is 13.6 Å². The molecule has 31 heavy (non-hydrogen) atoms. The molecule has 1 aliphatic carbocycles. The highest BCUT2D eigenvalue weighted by Crippen LogP contribution is 2.55. The van der Waals surface area contributed by atoms with Gasteiger partial charge in [0, 0.05) is 0 Å². The largest absolute Gasteiger partial charge is 0.481 e. The number of halogens is 3. The summed E-state index contributed by atoms with van der Waals surface area (Å²) < 4.78 is 66.8. The van der Waals surface area contributed by atoms with Crippen molar-refractivity contribution in [3.8, 4) is 0 Å². The molecule has 1 atom stereocenters. The predicted octanol–water partition coefficient (Wildman–Crippen LogP) is 4.43. The third-order valence-corrected chi connectivity index (χ3v) is 7.47. The first kappa shape index (κ1) is 23.4. The minimum atomic E-state index is -4.44. The van der Waals surface area contributed by atoms with Gasteiger partial charge in [0.2, 0.25) is 5.89 Å². The Morgan fingerprint density at radius 2 is 1.81 bits per heavy atom. The lowest BCUT2D eigenvalue weighted by Gasteiger charge is -2.22. The van der Waals surface area contributed by atoms with Crippen LogP contribution in [0.5, 0.6) is 0 Å². The van der Waals surface area contributed by atoms with E-state index in [1.54, 1.807) is 13.8 Å². The Kier molecular flexibility index (Phi) is 6.59. The molecule has 0 bridgehead atoms. The summed E-state index contributed by atoms with van der Waals surface area (Å²) in [5.41, 5.74) is -2.37. The van der Waals surface area contributed by atoms with Crippen molar-refractivity contribution in [2.45, 2.75) is 50.4 Å². The Labute approximate surface area is 176 Å². The number of carboxylic acid groups (broad SMARTS) is 1. The van der Waals surface area contributed by atoms with Crippen LogP contribution in [0.3, 0.4) is 0 Å². The average Bonchev–Trinajstić information content (AvgIpc) is 3.37. The van der Waals surface area contributed by atoms with Gasteiger partial charge in [-0.25, -0.2) is 0 Å². The quantitative estimate of drug-likeness (QED) is 0.516. The Morgan fingerprint density at radius 1 is 1.23 bits per heavy atom. The summed E-state index contributed by atoms with van der Waals surface area (Å²) in [6.07, 6.45) is -3.59. The van der Waals surface area contributed by atoms with Crippen molar-refractivity contribution in [3.63, 3.8) is 0 Å². The normalized spacial score (nSPS) is 16.8. The SMILES string of the molecule is CCOP(=O)(OCC)C(Cc1nc(C2(c3ccc(C(F)(F)F)cc3)CC2)no1)C(=O)O. The number of benzene rings is 1. The first-order chi connectivity index (χ1) is 14.6. The number of nitrogens with zero attached hydrogens (tertiary/aromatic N) is 2. The molecular weight excluding hydrogens is 440 g/mol. The van der Waals surface area contributed by atoms with Gasteiger partial charge < -0.3 is 18.7 Å². The minimum Gasteiger partial charge on any atom is -0.481 e. The Balaban J connectivity index is 1.83. The van der Waals surface area contributed by atoms with Crippen LogP contribution in [-0.4, -0.2) is 40.1 Å². The van der Waals surface area contributed by atoms with Crippen LogP contribution in [0.4, 0.5) is 13.2 Å². The van der Waals surface area contributed by atoms with Crippen molar-refractivity contribution in [1.29, 1.82) is 0 Å². The number of hydrogen-bond donors (Lipinski definition) is 1. The molecule has 1 aromatic heterocycles. The van der Waals surface area contributed by atoms with Crippen LogP contribution in [0.2, 0.25) is 0 Å². The molecule has 0 amide bonds. The van der Waals surface area contributed by atoms with Gasteiger partial charge in [-0.15, -0.1) is 0 Å². The minimum absolute atomic E-state index is 0.00677. The monoisotopic (exact) mass is 462 g/mol. The summed E-state index contributed by atoms with van der Waals surface area (Å²) in [7, 11) is -3.98. The lowest BCUT2D eigenvalue weighted by Crippen LogP contribution is -2.26. The Morgan fingerprint density at radius 3 is 2.26 bits per heavy atom. The highest BCUT2D eigenvalue weighted by molar-refractivity contribution is 7.55. The van der Waals surface area contributed by atoms with Crippen LogP contribution < -0.4 is 0 Å². The smallest absolute Gasteiger partial charge is 0.416 e. The summed E-state index contributed by atoms with van der Waals surface area (Å²) in [4.78, 5) is 16.0. The van der Waals surface area contributed by atoms with E-state index in [9.17, 15) is 27.6 Å². The molecule has 12 heteroatoms. The fourth-order valence-corrected chi connectivity index (χ4v) is 5.16. The first-order valence-electron chi connectivity index (χ1n) is 9.68. The molecule has 170 valence electrons. The van der Waals surface area contributed by atoms with Gasteiger partial charge >= 0.3 is 19.7 Å². The lowest BCUT2D eigenvalue weighted by molar-refractivity contribution is -0.138. The molecule has 1 aromatic carbocycles. The predicted molar refractivity (Wildman–Crippen MR) is 102 cm³/mol. The van der Waals surface area contributed by atoms with Crippen molar-refractivity contribution in [1.82, 2.24) is 10.1 Å². The van der Waals surface area contributed by atoms with Crippen molar-refractivity contribution in [3.05, 3.63) is 47.1 Å². The third-order valence-electron chi connectivity index (χ3n) is 5.06. The van der Waals surface area contributed by atoms with E-state index >= 15 is 0 Å². The molecule has 2 aromatic rings. The molecule has 0 saturated heterocycles. The summed E-state index contributed by atoms with van der Waals surface area (Å²) >= 11 is 0. The standard InChI is InChI=1S/C19H22F3N2O6P/c1-3-28-31(27,29-4-2)14(16(25)26)11-15-23-17(24-30-15)18(9-10-18)12-5-7-13(8-6-12)19(20,21)22/h5-8,14H,3-4,9-11H2,1-2H3,(H,25,26). The summed E-state index contributed by atoms with van der Waals surface area (Å²) in [6, 6.07) is 4.75. The number of aliphatic carboxylic acids is 1. The van der Waals surface area contributed by atoms with Crippen LogP contribution in [-0.2, 0) is 36.4 Å². The highest BCUT2D eigenvalue weighted by Gasteiger charge is 2.51. The van der Waals surface area contributed by atoms with Gasteiger partial charge in [-0.1, -0.05) is 17.3 Å². The molecule has 0 aliphatic heterocycles. The van der Waals surface area contributed by atoms with Gasteiger partial charge in [0.05, 0.1) is 30.6 Å². The van der Waals surface area contributed by atoms with E-state index in [-0.39, 0.29) is 31.3 Å². The van der Waals surface area contributed by atoms with Crippen LogP contribution in [0.25, 0.3) is 0 Å². The van der Waals surface area contributed by atoms with E-state index in [2.05, 4.69) is 10.1 Å². The number of hydrogen-bond acceptors (Lipinski definition) is 7. The lowest BCUT2D eigenvalue weighted by atomic mass is 9.94. The summed E-state index contributed by atoms with van der Waals surface area (Å²) in [6.45, 7) is 3.12. The van der Waals surface area contributed by atoms with Gasteiger partial charge in [0.1, 0.15) is 0 Å². The van der Waals surface area contributed by atoms with Crippen LogP contribution in [0.15, 0.2) is 28.8 Å². The molecule has 1 saturated carbocycles. The number of carbonyl (C=O) groups is 1. The zero-order chi connectivity index (χ0) is 22.9. The van der Waals surface area contributed by atoms with Crippen LogP contribution >= 0.6 is 7.60 Å². The summed E-state index contributed by atoms with van der Waals surface area (Å²) in [5, 5.41) is 13.5. The van der Waals surface area contributed by atoms with E-state index in [1.165, 1.54) is 12.1 Å². The fraction of sp³-hybridized carbons (Fsp3) is 0.526. The molecule has 1 heterocycles. The van der Waals surface area contributed by atoms with Gasteiger partial charge in [-0.05, 0) is 44.4 Å².